The number of morpholine rings is 1. The summed E-state index contributed by atoms with van der Waals surface area (Å²) in [6.07, 6.45) is -0.0480. The summed E-state index contributed by atoms with van der Waals surface area (Å²) in [5.74, 6) is 1.99. The third kappa shape index (κ3) is 3.19. The molecule has 4 rings (SSSR count). The average Bonchev–Trinajstić information content (AvgIpc) is 3.21. The molecule has 0 aliphatic carbocycles. The van der Waals surface area contributed by atoms with Gasteiger partial charge < -0.3 is 4.74 Å². The number of hydrogen-bond acceptors (Lipinski definition) is 6. The average molecular weight is 343 g/mol. The van der Waals surface area contributed by atoms with Crippen molar-refractivity contribution < 1.29 is 4.74 Å². The summed E-state index contributed by atoms with van der Waals surface area (Å²) in [5, 5.41) is 8.47. The molecule has 1 N–H and O–H groups in total. The number of aromatic amines is 1. The molecule has 0 bridgehead atoms. The molecule has 0 spiro atoms. The SMILES string of the molecule is CC(C)c1n[nH]c(C2CN(Cc3nc4ccccc4s3)CCO2)n1. The van der Waals surface area contributed by atoms with E-state index in [0.717, 1.165) is 41.8 Å². The van der Waals surface area contributed by atoms with Crippen LogP contribution in [0.25, 0.3) is 10.2 Å². The van der Waals surface area contributed by atoms with Gasteiger partial charge >= 0.3 is 0 Å². The van der Waals surface area contributed by atoms with E-state index in [4.69, 9.17) is 9.72 Å². The van der Waals surface area contributed by atoms with Gasteiger partial charge in [0.1, 0.15) is 11.1 Å². The highest BCUT2D eigenvalue weighted by Crippen LogP contribution is 2.25. The number of nitrogens with one attached hydrogen (secondary N) is 1. The van der Waals surface area contributed by atoms with Crippen molar-refractivity contribution in [1.29, 1.82) is 0 Å². The van der Waals surface area contributed by atoms with Gasteiger partial charge in [-0.25, -0.2) is 9.97 Å². The van der Waals surface area contributed by atoms with Crippen molar-refractivity contribution in [3.8, 4) is 0 Å². The van der Waals surface area contributed by atoms with Gasteiger partial charge in [0, 0.05) is 19.0 Å². The number of ether oxygens (including phenoxy) is 1. The predicted octanol–water partition coefficient (Wildman–Crippen LogP) is 3.11. The lowest BCUT2D eigenvalue weighted by Gasteiger charge is -2.31. The molecule has 1 unspecified atom stereocenters. The molecule has 1 fully saturated rings. The summed E-state index contributed by atoms with van der Waals surface area (Å²) in [5.41, 5.74) is 1.08. The number of thiazole rings is 1. The molecule has 6 nitrogen and oxygen atoms in total. The molecule has 1 aliphatic heterocycles. The molecule has 1 saturated heterocycles. The first-order chi connectivity index (χ1) is 11.7. The van der Waals surface area contributed by atoms with Crippen molar-refractivity contribution in [2.24, 2.45) is 0 Å². The van der Waals surface area contributed by atoms with Crippen LogP contribution in [0, 0.1) is 0 Å². The Morgan fingerprint density at radius 1 is 1.33 bits per heavy atom. The zero-order valence-electron chi connectivity index (χ0n) is 13.9. The highest BCUT2D eigenvalue weighted by atomic mass is 32.1. The predicted molar refractivity (Wildman–Crippen MR) is 94.1 cm³/mol. The van der Waals surface area contributed by atoms with Gasteiger partial charge in [-0.3, -0.25) is 10.00 Å². The van der Waals surface area contributed by atoms with Crippen molar-refractivity contribution >= 4 is 21.6 Å². The molecule has 3 heterocycles. The second-order valence-corrected chi connectivity index (χ2v) is 7.52. The number of para-hydroxylation sites is 1. The summed E-state index contributed by atoms with van der Waals surface area (Å²) in [4.78, 5) is 11.7. The van der Waals surface area contributed by atoms with E-state index < -0.39 is 0 Å². The highest BCUT2D eigenvalue weighted by Gasteiger charge is 2.26. The Bertz CT molecular complexity index is 794. The maximum absolute atomic E-state index is 5.89. The van der Waals surface area contributed by atoms with E-state index in [0.29, 0.717) is 12.5 Å². The number of nitrogens with zero attached hydrogens (tertiary/aromatic N) is 4. The molecule has 1 atom stereocenters. The van der Waals surface area contributed by atoms with Crippen molar-refractivity contribution in [1.82, 2.24) is 25.1 Å². The van der Waals surface area contributed by atoms with Crippen LogP contribution < -0.4 is 0 Å². The lowest BCUT2D eigenvalue weighted by Crippen LogP contribution is -2.38. The molecule has 0 radical (unpaired) electrons. The molecular weight excluding hydrogens is 322 g/mol. The number of benzene rings is 1. The molecule has 3 aromatic rings. The maximum atomic E-state index is 5.89. The van der Waals surface area contributed by atoms with Crippen molar-refractivity contribution in [3.63, 3.8) is 0 Å². The maximum Gasteiger partial charge on any atom is 0.155 e. The van der Waals surface area contributed by atoms with Crippen LogP contribution in [0.1, 0.15) is 42.5 Å². The lowest BCUT2D eigenvalue weighted by atomic mass is 10.2. The molecule has 126 valence electrons. The van der Waals surface area contributed by atoms with E-state index in [9.17, 15) is 0 Å². The molecule has 0 amide bonds. The molecule has 2 aromatic heterocycles. The quantitative estimate of drug-likeness (QED) is 0.788. The van der Waals surface area contributed by atoms with E-state index in [2.05, 4.69) is 52.1 Å². The van der Waals surface area contributed by atoms with E-state index >= 15 is 0 Å². The zero-order chi connectivity index (χ0) is 16.5. The zero-order valence-corrected chi connectivity index (χ0v) is 14.7. The van der Waals surface area contributed by atoms with Crippen LogP contribution in [-0.2, 0) is 11.3 Å². The Hall–Kier alpha value is -1.83. The number of aromatic nitrogens is 4. The normalized spacial score (nSPS) is 19.4. The lowest BCUT2D eigenvalue weighted by molar-refractivity contribution is -0.0370. The summed E-state index contributed by atoms with van der Waals surface area (Å²) >= 11 is 1.77. The van der Waals surface area contributed by atoms with E-state index in [1.807, 2.05) is 6.07 Å². The second-order valence-electron chi connectivity index (χ2n) is 6.40. The van der Waals surface area contributed by atoms with Crippen LogP contribution in [0.5, 0.6) is 0 Å². The fourth-order valence-corrected chi connectivity index (χ4v) is 3.89. The Kier molecular flexibility index (Phi) is 4.30. The largest absolute Gasteiger partial charge is 0.368 e. The van der Waals surface area contributed by atoms with Crippen molar-refractivity contribution in [3.05, 3.63) is 40.9 Å². The molecule has 1 aromatic carbocycles. The number of fused-ring (bicyclic) bond motifs is 1. The first-order valence-electron chi connectivity index (χ1n) is 8.29. The Morgan fingerprint density at radius 2 is 2.21 bits per heavy atom. The fraction of sp³-hybridized carbons (Fsp3) is 0.471. The topological polar surface area (TPSA) is 66.9 Å². The third-order valence-electron chi connectivity index (χ3n) is 4.19. The summed E-state index contributed by atoms with van der Waals surface area (Å²) in [7, 11) is 0. The van der Waals surface area contributed by atoms with Crippen LogP contribution in [0.2, 0.25) is 0 Å². The summed E-state index contributed by atoms with van der Waals surface area (Å²) < 4.78 is 7.14. The van der Waals surface area contributed by atoms with E-state index in [1.54, 1.807) is 11.3 Å². The van der Waals surface area contributed by atoms with E-state index in [-0.39, 0.29) is 6.10 Å². The summed E-state index contributed by atoms with van der Waals surface area (Å²) in [6.45, 7) is 7.46. The minimum absolute atomic E-state index is 0.0480. The van der Waals surface area contributed by atoms with Crippen LogP contribution in [0.15, 0.2) is 24.3 Å². The Balaban J connectivity index is 1.46. The fourth-order valence-electron chi connectivity index (χ4n) is 2.88. The summed E-state index contributed by atoms with van der Waals surface area (Å²) in [6, 6.07) is 8.29. The highest BCUT2D eigenvalue weighted by molar-refractivity contribution is 7.18. The molecule has 0 saturated carbocycles. The number of H-pyrrole nitrogens is 1. The number of hydrogen-bond donors (Lipinski definition) is 1. The minimum Gasteiger partial charge on any atom is -0.368 e. The van der Waals surface area contributed by atoms with Crippen molar-refractivity contribution in [2.45, 2.75) is 32.4 Å². The Morgan fingerprint density at radius 3 is 3.00 bits per heavy atom. The third-order valence-corrected chi connectivity index (χ3v) is 5.21. The molecular formula is C17H21N5OS. The van der Waals surface area contributed by atoms with Crippen LogP contribution in [0.3, 0.4) is 0 Å². The standard InChI is InChI=1S/C17H21N5OS/c1-11(2)16-19-17(21-20-16)13-9-22(7-8-23-13)10-15-18-12-5-3-4-6-14(12)24-15/h3-6,11,13H,7-10H2,1-2H3,(H,19,20,21). The van der Waals surface area contributed by atoms with Crippen molar-refractivity contribution in [2.75, 3.05) is 19.7 Å². The van der Waals surface area contributed by atoms with Gasteiger partial charge in [0.25, 0.3) is 0 Å². The number of rotatable bonds is 4. The monoisotopic (exact) mass is 343 g/mol. The van der Waals surface area contributed by atoms with Crippen LogP contribution in [-0.4, -0.2) is 44.8 Å². The molecule has 1 aliphatic rings. The van der Waals surface area contributed by atoms with Gasteiger partial charge in [-0.05, 0) is 12.1 Å². The Labute approximate surface area is 144 Å². The van der Waals surface area contributed by atoms with Crippen LogP contribution in [0.4, 0.5) is 0 Å². The van der Waals surface area contributed by atoms with Gasteiger partial charge in [0.05, 0.1) is 23.4 Å². The van der Waals surface area contributed by atoms with E-state index in [1.165, 1.54) is 4.70 Å². The van der Waals surface area contributed by atoms with Crippen LogP contribution >= 0.6 is 11.3 Å². The van der Waals surface area contributed by atoms with Gasteiger partial charge in [0.15, 0.2) is 11.6 Å². The first kappa shape index (κ1) is 15.7. The smallest absolute Gasteiger partial charge is 0.155 e. The van der Waals surface area contributed by atoms with Gasteiger partial charge in [-0.1, -0.05) is 26.0 Å². The first-order valence-corrected chi connectivity index (χ1v) is 9.11. The van der Waals surface area contributed by atoms with Gasteiger partial charge in [0.2, 0.25) is 0 Å². The molecule has 7 heteroatoms. The molecule has 24 heavy (non-hydrogen) atoms. The second kappa shape index (κ2) is 6.58. The van der Waals surface area contributed by atoms with Gasteiger partial charge in [-0.2, -0.15) is 5.10 Å². The van der Waals surface area contributed by atoms with Gasteiger partial charge in [-0.15, -0.1) is 11.3 Å². The minimum atomic E-state index is -0.0480.